The van der Waals surface area contributed by atoms with Gasteiger partial charge in [0.1, 0.15) is 0 Å². The Balaban J connectivity index is 1.79. The van der Waals surface area contributed by atoms with Gasteiger partial charge in [-0.05, 0) is 31.9 Å². The summed E-state index contributed by atoms with van der Waals surface area (Å²) in [6.45, 7) is 3.15. The maximum atomic E-state index is 12.1. The zero-order valence-electron chi connectivity index (χ0n) is 15.4. The second kappa shape index (κ2) is 9.74. The molecule has 1 N–H and O–H groups in total. The van der Waals surface area contributed by atoms with Crippen molar-refractivity contribution in [3.63, 3.8) is 0 Å². The van der Waals surface area contributed by atoms with Gasteiger partial charge in [0.15, 0.2) is 18.1 Å². The average Bonchev–Trinajstić information content (AvgIpc) is 2.66. The average molecular weight is 366 g/mol. The van der Waals surface area contributed by atoms with E-state index in [9.17, 15) is 9.59 Å². The lowest BCUT2D eigenvalue weighted by molar-refractivity contribution is -0.124. The minimum absolute atomic E-state index is 0.0176. The molecular formula is C18H26N2O6. The summed E-state index contributed by atoms with van der Waals surface area (Å²) in [4.78, 5) is 25.5. The number of hydrogen-bond acceptors (Lipinski definition) is 6. The van der Waals surface area contributed by atoms with E-state index in [1.807, 2.05) is 0 Å². The molecule has 8 nitrogen and oxygen atoms in total. The van der Waals surface area contributed by atoms with E-state index in [-0.39, 0.29) is 24.6 Å². The molecule has 0 spiro atoms. The van der Waals surface area contributed by atoms with Crippen molar-refractivity contribution < 1.29 is 28.5 Å². The maximum absolute atomic E-state index is 12.1. The van der Waals surface area contributed by atoms with E-state index in [0.29, 0.717) is 49.8 Å². The van der Waals surface area contributed by atoms with Gasteiger partial charge in [-0.15, -0.1) is 0 Å². The first kappa shape index (κ1) is 19.7. The van der Waals surface area contributed by atoms with Gasteiger partial charge in [0.25, 0.3) is 5.91 Å². The van der Waals surface area contributed by atoms with Gasteiger partial charge in [0, 0.05) is 19.1 Å². The van der Waals surface area contributed by atoms with Crippen LogP contribution in [0.3, 0.4) is 0 Å². The molecule has 1 aromatic carbocycles. The van der Waals surface area contributed by atoms with Crippen LogP contribution in [0.4, 0.5) is 4.79 Å². The van der Waals surface area contributed by atoms with Crippen molar-refractivity contribution in [3.8, 4) is 17.2 Å². The molecule has 0 saturated carbocycles. The lowest BCUT2D eigenvalue weighted by Crippen LogP contribution is -2.47. The van der Waals surface area contributed by atoms with Crippen molar-refractivity contribution >= 4 is 12.0 Å². The van der Waals surface area contributed by atoms with Crippen molar-refractivity contribution in [2.75, 3.05) is 40.5 Å². The number of piperidine rings is 1. The molecule has 2 amide bonds. The highest BCUT2D eigenvalue weighted by molar-refractivity contribution is 5.78. The molecule has 1 aliphatic heterocycles. The number of likely N-dealkylation sites (tertiary alicyclic amines) is 1. The number of nitrogens with one attached hydrogen (secondary N) is 1. The van der Waals surface area contributed by atoms with Crippen LogP contribution in [0, 0.1) is 0 Å². The largest absolute Gasteiger partial charge is 0.493 e. The monoisotopic (exact) mass is 366 g/mol. The van der Waals surface area contributed by atoms with Gasteiger partial charge in [-0.2, -0.15) is 0 Å². The maximum Gasteiger partial charge on any atom is 0.409 e. The smallest absolute Gasteiger partial charge is 0.409 e. The summed E-state index contributed by atoms with van der Waals surface area (Å²) in [5.41, 5.74) is 0. The molecule has 8 heteroatoms. The fourth-order valence-electron chi connectivity index (χ4n) is 2.81. The molecular weight excluding hydrogens is 340 g/mol. The number of para-hydroxylation sites is 1. The standard InChI is InChI=1S/C18H26N2O6/c1-4-25-18(22)20-10-8-13(9-11-20)19-16(21)12-26-15-7-5-6-14(23-2)17(15)24-3/h5-7,13H,4,8-12H2,1-3H3,(H,19,21). The normalized spacial score (nSPS) is 14.5. The Kier molecular flexibility index (Phi) is 7.37. The number of amides is 2. The predicted octanol–water partition coefficient (Wildman–Crippen LogP) is 1.82. The van der Waals surface area contributed by atoms with Crippen molar-refractivity contribution in [1.82, 2.24) is 10.2 Å². The summed E-state index contributed by atoms with van der Waals surface area (Å²) in [5, 5.41) is 2.93. The lowest BCUT2D eigenvalue weighted by Gasteiger charge is -2.31. The molecule has 1 saturated heterocycles. The zero-order valence-corrected chi connectivity index (χ0v) is 15.4. The van der Waals surface area contributed by atoms with Crippen LogP contribution in [0.1, 0.15) is 19.8 Å². The van der Waals surface area contributed by atoms with Crippen molar-refractivity contribution in [1.29, 1.82) is 0 Å². The summed E-state index contributed by atoms with van der Waals surface area (Å²) in [5.74, 6) is 1.21. The first-order valence-corrected chi connectivity index (χ1v) is 8.63. The fraction of sp³-hybridized carbons (Fsp3) is 0.556. The third-order valence-electron chi connectivity index (χ3n) is 4.11. The number of benzene rings is 1. The molecule has 144 valence electrons. The topological polar surface area (TPSA) is 86.3 Å². The Morgan fingerprint density at radius 1 is 1.15 bits per heavy atom. The van der Waals surface area contributed by atoms with E-state index in [1.165, 1.54) is 14.2 Å². The number of methoxy groups -OCH3 is 2. The molecule has 1 fully saturated rings. The highest BCUT2D eigenvalue weighted by atomic mass is 16.6. The van der Waals surface area contributed by atoms with E-state index >= 15 is 0 Å². The summed E-state index contributed by atoms with van der Waals surface area (Å²) < 4.78 is 21.0. The Hall–Kier alpha value is -2.64. The van der Waals surface area contributed by atoms with Crippen LogP contribution >= 0.6 is 0 Å². The number of ether oxygens (including phenoxy) is 4. The highest BCUT2D eigenvalue weighted by Crippen LogP contribution is 2.36. The molecule has 26 heavy (non-hydrogen) atoms. The highest BCUT2D eigenvalue weighted by Gasteiger charge is 2.24. The molecule has 1 aliphatic rings. The van der Waals surface area contributed by atoms with Gasteiger partial charge in [-0.3, -0.25) is 4.79 Å². The van der Waals surface area contributed by atoms with Crippen molar-refractivity contribution in [2.45, 2.75) is 25.8 Å². The van der Waals surface area contributed by atoms with E-state index in [2.05, 4.69) is 5.32 Å². The third-order valence-corrected chi connectivity index (χ3v) is 4.11. The van der Waals surface area contributed by atoms with Crippen LogP contribution in [0.25, 0.3) is 0 Å². The lowest BCUT2D eigenvalue weighted by atomic mass is 10.1. The molecule has 0 radical (unpaired) electrons. The van der Waals surface area contributed by atoms with Crippen molar-refractivity contribution in [3.05, 3.63) is 18.2 Å². The molecule has 1 aromatic rings. The molecule has 0 aliphatic carbocycles. The van der Waals surface area contributed by atoms with E-state index in [4.69, 9.17) is 18.9 Å². The Morgan fingerprint density at radius 2 is 1.85 bits per heavy atom. The second-order valence-corrected chi connectivity index (χ2v) is 5.81. The quantitative estimate of drug-likeness (QED) is 0.792. The number of carbonyl (C=O) groups is 2. The van der Waals surface area contributed by atoms with Crippen LogP contribution in [-0.2, 0) is 9.53 Å². The van der Waals surface area contributed by atoms with Crippen LogP contribution in [0.5, 0.6) is 17.2 Å². The van der Waals surface area contributed by atoms with Gasteiger partial charge in [-0.1, -0.05) is 6.07 Å². The van der Waals surface area contributed by atoms with E-state index in [0.717, 1.165) is 0 Å². The van der Waals surface area contributed by atoms with Gasteiger partial charge >= 0.3 is 6.09 Å². The molecule has 0 bridgehead atoms. The van der Waals surface area contributed by atoms with E-state index < -0.39 is 0 Å². The number of nitrogens with zero attached hydrogens (tertiary/aromatic N) is 1. The first-order valence-electron chi connectivity index (χ1n) is 8.63. The van der Waals surface area contributed by atoms with Crippen LogP contribution in [0.2, 0.25) is 0 Å². The number of hydrogen-bond donors (Lipinski definition) is 1. The SMILES string of the molecule is CCOC(=O)N1CCC(NC(=O)COc2cccc(OC)c2OC)CC1. The van der Waals surface area contributed by atoms with Gasteiger partial charge in [-0.25, -0.2) is 4.79 Å². The van der Waals surface area contributed by atoms with Crippen molar-refractivity contribution in [2.24, 2.45) is 0 Å². The number of rotatable bonds is 7. The third kappa shape index (κ3) is 5.18. The first-order chi connectivity index (χ1) is 12.6. The fourth-order valence-corrected chi connectivity index (χ4v) is 2.81. The minimum atomic E-state index is -0.300. The van der Waals surface area contributed by atoms with Gasteiger partial charge in [0.2, 0.25) is 5.75 Å². The Bertz CT molecular complexity index is 614. The number of carbonyl (C=O) groups excluding carboxylic acids is 2. The predicted molar refractivity (Wildman–Crippen MR) is 94.8 cm³/mol. The summed E-state index contributed by atoms with van der Waals surface area (Å²) in [7, 11) is 3.05. The van der Waals surface area contributed by atoms with Gasteiger partial charge in [0.05, 0.1) is 20.8 Å². The molecule has 1 heterocycles. The summed E-state index contributed by atoms with van der Waals surface area (Å²) in [6.07, 6.45) is 1.07. The van der Waals surface area contributed by atoms with Crippen LogP contribution in [0.15, 0.2) is 18.2 Å². The second-order valence-electron chi connectivity index (χ2n) is 5.81. The minimum Gasteiger partial charge on any atom is -0.493 e. The van der Waals surface area contributed by atoms with E-state index in [1.54, 1.807) is 30.0 Å². The summed E-state index contributed by atoms with van der Waals surface area (Å²) >= 11 is 0. The Labute approximate surface area is 153 Å². The Morgan fingerprint density at radius 3 is 2.46 bits per heavy atom. The molecule has 2 rings (SSSR count). The molecule has 0 aromatic heterocycles. The van der Waals surface area contributed by atoms with Crippen LogP contribution < -0.4 is 19.5 Å². The van der Waals surface area contributed by atoms with Crippen LogP contribution in [-0.4, -0.2) is 63.5 Å². The molecule has 0 atom stereocenters. The zero-order chi connectivity index (χ0) is 18.9. The summed E-state index contributed by atoms with van der Waals surface area (Å²) in [6, 6.07) is 5.25. The van der Waals surface area contributed by atoms with Gasteiger partial charge < -0.3 is 29.2 Å². The molecule has 0 unspecified atom stereocenters.